The van der Waals surface area contributed by atoms with Crippen molar-refractivity contribution in [1.82, 2.24) is 5.32 Å². The zero-order valence-electron chi connectivity index (χ0n) is 8.88. The number of rotatable bonds is 3. The molecule has 0 bridgehead atoms. The molecule has 2 nitrogen and oxygen atoms in total. The second-order valence-electron chi connectivity index (χ2n) is 4.23. The quantitative estimate of drug-likeness (QED) is 0.754. The summed E-state index contributed by atoms with van der Waals surface area (Å²) >= 11 is 0. The topological polar surface area (TPSA) is 29.1 Å². The molecule has 2 atom stereocenters. The second-order valence-corrected chi connectivity index (χ2v) is 6.29. The van der Waals surface area contributed by atoms with E-state index in [2.05, 4.69) is 26.1 Å². The maximum atomic E-state index is 12.0. The summed E-state index contributed by atoms with van der Waals surface area (Å²) < 4.78 is 12.0. The van der Waals surface area contributed by atoms with Gasteiger partial charge in [0.1, 0.15) is 0 Å². The molecule has 78 valence electrons. The third kappa shape index (κ3) is 3.06. The Kier molecular flexibility index (Phi) is 4.39. The molecular formula is C10H21NOS. The van der Waals surface area contributed by atoms with Crippen molar-refractivity contribution >= 4 is 10.8 Å². The van der Waals surface area contributed by atoms with Gasteiger partial charge in [0.05, 0.1) is 0 Å². The Morgan fingerprint density at radius 3 is 2.23 bits per heavy atom. The summed E-state index contributed by atoms with van der Waals surface area (Å²) in [6.07, 6.45) is 2.17. The average Bonchev–Trinajstić information content (AvgIpc) is 2.17. The molecule has 0 spiro atoms. The first-order chi connectivity index (χ1) is 6.13. The normalized spacial score (nSPS) is 24.6. The summed E-state index contributed by atoms with van der Waals surface area (Å²) in [6, 6.07) is 0. The van der Waals surface area contributed by atoms with Crippen molar-refractivity contribution in [2.24, 2.45) is 5.92 Å². The molecular weight excluding hydrogens is 182 g/mol. The molecule has 0 aliphatic carbocycles. The Hall–Kier alpha value is 0.110. The molecule has 0 amide bonds. The summed E-state index contributed by atoms with van der Waals surface area (Å²) in [4.78, 5) is 0. The van der Waals surface area contributed by atoms with E-state index >= 15 is 0 Å². The van der Waals surface area contributed by atoms with E-state index in [-0.39, 0.29) is 0 Å². The predicted octanol–water partition coefficient (Wildman–Crippen LogP) is 1.53. The van der Waals surface area contributed by atoms with Gasteiger partial charge in [0, 0.05) is 21.3 Å². The smallest absolute Gasteiger partial charge is 0.0374 e. The van der Waals surface area contributed by atoms with Crippen LogP contribution in [0.3, 0.4) is 0 Å². The van der Waals surface area contributed by atoms with Gasteiger partial charge in [-0.25, -0.2) is 0 Å². The molecule has 0 saturated carbocycles. The highest BCUT2D eigenvalue weighted by atomic mass is 32.2. The minimum atomic E-state index is -0.621. The van der Waals surface area contributed by atoms with Gasteiger partial charge in [0.25, 0.3) is 0 Å². The van der Waals surface area contributed by atoms with Crippen LogP contribution in [-0.2, 0) is 10.8 Å². The van der Waals surface area contributed by atoms with Crippen molar-refractivity contribution in [3.05, 3.63) is 0 Å². The highest BCUT2D eigenvalue weighted by molar-refractivity contribution is 7.86. The van der Waals surface area contributed by atoms with Crippen LogP contribution < -0.4 is 5.32 Å². The van der Waals surface area contributed by atoms with E-state index in [9.17, 15) is 4.21 Å². The Balaban J connectivity index is 2.45. The highest BCUT2D eigenvalue weighted by Gasteiger charge is 2.25. The molecule has 0 aromatic rings. The first-order valence-corrected chi connectivity index (χ1v) is 6.50. The van der Waals surface area contributed by atoms with Crippen LogP contribution in [-0.4, -0.2) is 27.8 Å². The van der Waals surface area contributed by atoms with Crippen LogP contribution in [0.1, 0.15) is 33.6 Å². The van der Waals surface area contributed by atoms with Crippen LogP contribution in [0.15, 0.2) is 0 Å². The van der Waals surface area contributed by atoms with E-state index in [1.807, 2.05) is 0 Å². The van der Waals surface area contributed by atoms with Gasteiger partial charge in [-0.2, -0.15) is 0 Å². The highest BCUT2D eigenvalue weighted by Crippen LogP contribution is 2.18. The molecule has 1 N–H and O–H groups in total. The van der Waals surface area contributed by atoms with Crippen LogP contribution in [0.4, 0.5) is 0 Å². The fourth-order valence-corrected chi connectivity index (χ4v) is 3.44. The first kappa shape index (κ1) is 11.2. The number of nitrogens with one attached hydrogen (secondary N) is 1. The third-order valence-electron chi connectivity index (χ3n) is 2.92. The van der Waals surface area contributed by atoms with E-state index in [1.165, 1.54) is 0 Å². The first-order valence-electron chi connectivity index (χ1n) is 5.23. The van der Waals surface area contributed by atoms with Gasteiger partial charge < -0.3 is 5.32 Å². The second kappa shape index (κ2) is 5.11. The van der Waals surface area contributed by atoms with Crippen LogP contribution in [0.5, 0.6) is 0 Å². The van der Waals surface area contributed by atoms with Crippen molar-refractivity contribution in [3.63, 3.8) is 0 Å². The van der Waals surface area contributed by atoms with Crippen molar-refractivity contribution in [3.8, 4) is 0 Å². The lowest BCUT2D eigenvalue weighted by atomic mass is 10.1. The Bertz CT molecular complexity index is 176. The fraction of sp³-hybridized carbons (Fsp3) is 1.00. The summed E-state index contributed by atoms with van der Waals surface area (Å²) in [5.74, 6) is 0.538. The minimum absolute atomic E-state index is 0.350. The lowest BCUT2D eigenvalue weighted by molar-refractivity contribution is 0.509. The molecule has 1 aliphatic heterocycles. The molecule has 1 fully saturated rings. The summed E-state index contributed by atoms with van der Waals surface area (Å²) in [5, 5.41) is 4.10. The molecule has 0 aromatic carbocycles. The van der Waals surface area contributed by atoms with Crippen molar-refractivity contribution in [1.29, 1.82) is 0 Å². The third-order valence-corrected chi connectivity index (χ3v) is 5.33. The van der Waals surface area contributed by atoms with Gasteiger partial charge in [0.15, 0.2) is 0 Å². The summed E-state index contributed by atoms with van der Waals surface area (Å²) in [6.45, 7) is 8.51. The SMILES string of the molecule is CC(C)C(C)S(=O)C1CCNCC1. The molecule has 13 heavy (non-hydrogen) atoms. The Labute approximate surface area is 83.9 Å². The van der Waals surface area contributed by atoms with E-state index in [1.54, 1.807) is 0 Å². The molecule has 1 aliphatic rings. The molecule has 1 saturated heterocycles. The lowest BCUT2D eigenvalue weighted by Crippen LogP contribution is -2.37. The van der Waals surface area contributed by atoms with Gasteiger partial charge in [-0.1, -0.05) is 20.8 Å². The largest absolute Gasteiger partial charge is 0.317 e. The maximum Gasteiger partial charge on any atom is 0.0374 e. The molecule has 0 radical (unpaired) electrons. The molecule has 1 heterocycles. The number of piperidine rings is 1. The average molecular weight is 203 g/mol. The van der Waals surface area contributed by atoms with E-state index in [0.717, 1.165) is 25.9 Å². The van der Waals surface area contributed by atoms with Crippen LogP contribution in [0.25, 0.3) is 0 Å². The van der Waals surface area contributed by atoms with E-state index < -0.39 is 10.8 Å². The van der Waals surface area contributed by atoms with Gasteiger partial charge in [-0.05, 0) is 31.8 Å². The van der Waals surface area contributed by atoms with Crippen molar-refractivity contribution in [2.75, 3.05) is 13.1 Å². The monoisotopic (exact) mass is 203 g/mol. The standard InChI is InChI=1S/C10H21NOS/c1-8(2)9(3)13(12)10-4-6-11-7-5-10/h8-11H,4-7H2,1-3H3. The van der Waals surface area contributed by atoms with E-state index in [0.29, 0.717) is 16.4 Å². The van der Waals surface area contributed by atoms with Gasteiger partial charge in [0.2, 0.25) is 0 Å². The summed E-state index contributed by atoms with van der Waals surface area (Å²) in [5.41, 5.74) is 0. The molecule has 2 unspecified atom stereocenters. The van der Waals surface area contributed by atoms with Crippen molar-refractivity contribution in [2.45, 2.75) is 44.1 Å². The minimum Gasteiger partial charge on any atom is -0.317 e. The van der Waals surface area contributed by atoms with Gasteiger partial charge in [-0.15, -0.1) is 0 Å². The zero-order chi connectivity index (χ0) is 9.84. The fourth-order valence-electron chi connectivity index (χ4n) is 1.60. The number of hydrogen-bond donors (Lipinski definition) is 1. The van der Waals surface area contributed by atoms with Crippen LogP contribution in [0, 0.1) is 5.92 Å². The zero-order valence-corrected chi connectivity index (χ0v) is 9.69. The van der Waals surface area contributed by atoms with E-state index in [4.69, 9.17) is 0 Å². The van der Waals surface area contributed by atoms with Crippen molar-refractivity contribution < 1.29 is 4.21 Å². The maximum absolute atomic E-state index is 12.0. The molecule has 3 heteroatoms. The molecule has 0 aromatic heterocycles. The lowest BCUT2D eigenvalue weighted by Gasteiger charge is -2.26. The Morgan fingerprint density at radius 1 is 1.23 bits per heavy atom. The molecule has 1 rings (SSSR count). The number of hydrogen-bond acceptors (Lipinski definition) is 2. The van der Waals surface area contributed by atoms with Crippen LogP contribution >= 0.6 is 0 Å². The van der Waals surface area contributed by atoms with Crippen LogP contribution in [0.2, 0.25) is 0 Å². The predicted molar refractivity (Wildman–Crippen MR) is 58.3 cm³/mol. The van der Waals surface area contributed by atoms with Gasteiger partial charge in [-0.3, -0.25) is 4.21 Å². The summed E-state index contributed by atoms with van der Waals surface area (Å²) in [7, 11) is -0.621. The van der Waals surface area contributed by atoms with Gasteiger partial charge >= 0.3 is 0 Å². The Morgan fingerprint density at radius 2 is 1.77 bits per heavy atom.